The second-order valence-corrected chi connectivity index (χ2v) is 7.91. The van der Waals surface area contributed by atoms with Crippen molar-refractivity contribution in [3.05, 3.63) is 29.8 Å². The van der Waals surface area contributed by atoms with Gasteiger partial charge in [0, 0.05) is 19.5 Å². The van der Waals surface area contributed by atoms with Crippen LogP contribution in [0.3, 0.4) is 0 Å². The third-order valence-corrected chi connectivity index (χ3v) is 5.84. The number of hydrogen-bond acceptors (Lipinski definition) is 6. The van der Waals surface area contributed by atoms with Crippen molar-refractivity contribution in [1.29, 1.82) is 0 Å². The molecule has 3 unspecified atom stereocenters. The molecule has 31 heavy (non-hydrogen) atoms. The normalized spacial score (nSPS) is 21.7. The third-order valence-electron chi connectivity index (χ3n) is 5.84. The third kappa shape index (κ3) is 5.13. The molecule has 2 saturated heterocycles. The van der Waals surface area contributed by atoms with Crippen molar-refractivity contribution in [1.82, 2.24) is 15.1 Å². The highest BCUT2D eigenvalue weighted by Gasteiger charge is 2.43. The van der Waals surface area contributed by atoms with Crippen molar-refractivity contribution >= 4 is 23.7 Å². The number of carbonyl (C=O) groups is 4. The highest BCUT2D eigenvalue weighted by Crippen LogP contribution is 2.26. The number of phenols is 1. The Kier molecular flexibility index (Phi) is 7.11. The van der Waals surface area contributed by atoms with Crippen LogP contribution in [0, 0.1) is 0 Å². The van der Waals surface area contributed by atoms with Gasteiger partial charge >= 0.3 is 5.97 Å². The SMILES string of the molecule is NCC(=O)NC(Cc1ccc(O)cc1)C(=O)N1CCCC1C(=O)N1CCCC1C(=O)O. The Hall–Kier alpha value is -3.14. The average molecular weight is 432 g/mol. The molecule has 2 aliphatic rings. The van der Waals surface area contributed by atoms with Crippen molar-refractivity contribution in [3.63, 3.8) is 0 Å². The fourth-order valence-electron chi connectivity index (χ4n) is 4.29. The van der Waals surface area contributed by atoms with Crippen LogP contribution in [0.2, 0.25) is 0 Å². The minimum Gasteiger partial charge on any atom is -0.508 e. The molecule has 5 N–H and O–H groups in total. The van der Waals surface area contributed by atoms with Crippen LogP contribution in [0.4, 0.5) is 0 Å². The predicted molar refractivity (Wildman–Crippen MR) is 110 cm³/mol. The van der Waals surface area contributed by atoms with Crippen molar-refractivity contribution < 1.29 is 29.4 Å². The summed E-state index contributed by atoms with van der Waals surface area (Å²) in [7, 11) is 0. The number of carbonyl (C=O) groups excluding carboxylic acids is 3. The van der Waals surface area contributed by atoms with Gasteiger partial charge in [-0.1, -0.05) is 12.1 Å². The van der Waals surface area contributed by atoms with E-state index in [0.29, 0.717) is 38.8 Å². The molecule has 2 fully saturated rings. The molecule has 3 amide bonds. The molecule has 1 aromatic carbocycles. The lowest BCUT2D eigenvalue weighted by molar-refractivity contribution is -0.152. The van der Waals surface area contributed by atoms with E-state index < -0.39 is 35.9 Å². The minimum absolute atomic E-state index is 0.0846. The number of hydrogen-bond donors (Lipinski definition) is 4. The predicted octanol–water partition coefficient (Wildman–Crippen LogP) is -0.555. The second kappa shape index (κ2) is 9.78. The maximum Gasteiger partial charge on any atom is 0.326 e. The van der Waals surface area contributed by atoms with Crippen molar-refractivity contribution in [2.24, 2.45) is 5.73 Å². The molecule has 0 aliphatic carbocycles. The van der Waals surface area contributed by atoms with Crippen LogP contribution < -0.4 is 11.1 Å². The first-order chi connectivity index (χ1) is 14.8. The number of phenolic OH excluding ortho intramolecular Hbond substituents is 1. The first-order valence-corrected chi connectivity index (χ1v) is 10.4. The maximum atomic E-state index is 13.3. The van der Waals surface area contributed by atoms with E-state index in [1.807, 2.05) is 0 Å². The number of benzene rings is 1. The summed E-state index contributed by atoms with van der Waals surface area (Å²) in [6.45, 7) is 0.427. The van der Waals surface area contributed by atoms with Gasteiger partial charge in [0.25, 0.3) is 0 Å². The Balaban J connectivity index is 1.78. The van der Waals surface area contributed by atoms with E-state index in [1.165, 1.54) is 21.9 Å². The lowest BCUT2D eigenvalue weighted by atomic mass is 10.0. The minimum atomic E-state index is -1.04. The summed E-state index contributed by atoms with van der Waals surface area (Å²) in [5.41, 5.74) is 6.13. The molecule has 2 aliphatic heterocycles. The summed E-state index contributed by atoms with van der Waals surface area (Å²) >= 11 is 0. The number of carboxylic acids is 1. The van der Waals surface area contributed by atoms with Gasteiger partial charge in [-0.25, -0.2) is 4.79 Å². The Morgan fingerprint density at radius 2 is 1.65 bits per heavy atom. The summed E-state index contributed by atoms with van der Waals surface area (Å²) in [6.07, 6.45) is 2.25. The highest BCUT2D eigenvalue weighted by molar-refractivity contribution is 5.94. The summed E-state index contributed by atoms with van der Waals surface area (Å²) in [6, 6.07) is 3.74. The second-order valence-electron chi connectivity index (χ2n) is 7.91. The van der Waals surface area contributed by atoms with E-state index >= 15 is 0 Å². The summed E-state index contributed by atoms with van der Waals surface area (Å²) in [5.74, 6) is -2.21. The van der Waals surface area contributed by atoms with E-state index in [-0.39, 0.29) is 24.6 Å². The molecule has 0 aromatic heterocycles. The van der Waals surface area contributed by atoms with Crippen LogP contribution in [0.1, 0.15) is 31.2 Å². The van der Waals surface area contributed by atoms with Crippen LogP contribution in [-0.2, 0) is 25.6 Å². The molecule has 0 bridgehead atoms. The fourth-order valence-corrected chi connectivity index (χ4v) is 4.29. The largest absolute Gasteiger partial charge is 0.508 e. The molecule has 2 heterocycles. The van der Waals surface area contributed by atoms with Gasteiger partial charge in [-0.05, 0) is 43.4 Å². The molecule has 1 aromatic rings. The smallest absolute Gasteiger partial charge is 0.326 e. The van der Waals surface area contributed by atoms with Crippen LogP contribution >= 0.6 is 0 Å². The number of carboxylic acid groups (broad SMARTS) is 1. The zero-order valence-corrected chi connectivity index (χ0v) is 17.2. The van der Waals surface area contributed by atoms with Gasteiger partial charge in [-0.2, -0.15) is 0 Å². The zero-order chi connectivity index (χ0) is 22.5. The van der Waals surface area contributed by atoms with E-state index in [1.54, 1.807) is 12.1 Å². The van der Waals surface area contributed by atoms with Crippen LogP contribution in [0.5, 0.6) is 5.75 Å². The van der Waals surface area contributed by atoms with Gasteiger partial charge in [-0.3, -0.25) is 14.4 Å². The van der Waals surface area contributed by atoms with Gasteiger partial charge in [-0.15, -0.1) is 0 Å². The Bertz CT molecular complexity index is 843. The van der Waals surface area contributed by atoms with Crippen LogP contribution in [0.25, 0.3) is 0 Å². The highest BCUT2D eigenvalue weighted by atomic mass is 16.4. The van der Waals surface area contributed by atoms with Gasteiger partial charge < -0.3 is 31.1 Å². The molecule has 3 rings (SSSR count). The Morgan fingerprint density at radius 3 is 2.26 bits per heavy atom. The summed E-state index contributed by atoms with van der Waals surface area (Å²) < 4.78 is 0. The molecule has 3 atom stereocenters. The summed E-state index contributed by atoms with van der Waals surface area (Å²) in [4.78, 5) is 52.7. The monoisotopic (exact) mass is 432 g/mol. The standard InChI is InChI=1S/C21H28N4O6/c22-12-18(27)23-15(11-13-5-7-14(26)8-6-13)19(28)24-9-1-3-16(24)20(29)25-10-2-4-17(25)21(30)31/h5-8,15-17,26H,1-4,9-12,22H2,(H,23,27)(H,30,31). The first-order valence-electron chi connectivity index (χ1n) is 10.4. The number of nitrogens with one attached hydrogen (secondary N) is 1. The topological polar surface area (TPSA) is 153 Å². The number of rotatable bonds is 7. The van der Waals surface area contributed by atoms with E-state index in [9.17, 15) is 29.4 Å². The van der Waals surface area contributed by atoms with Gasteiger partial charge in [0.05, 0.1) is 6.54 Å². The number of nitrogens with two attached hydrogens (primary N) is 1. The van der Waals surface area contributed by atoms with E-state index in [4.69, 9.17) is 5.73 Å². The molecule has 0 spiro atoms. The molecule has 10 heteroatoms. The zero-order valence-electron chi connectivity index (χ0n) is 17.2. The summed E-state index contributed by atoms with van der Waals surface area (Å²) in [5, 5.41) is 21.5. The molecule has 0 radical (unpaired) electrons. The lowest BCUT2D eigenvalue weighted by Gasteiger charge is -2.32. The Labute approximate surface area is 180 Å². The average Bonchev–Trinajstić information content (AvgIpc) is 3.43. The molecular formula is C21H28N4O6. The fraction of sp³-hybridized carbons (Fsp3) is 0.524. The molecule has 168 valence electrons. The van der Waals surface area contributed by atoms with Crippen molar-refractivity contribution in [3.8, 4) is 5.75 Å². The molecule has 10 nitrogen and oxygen atoms in total. The van der Waals surface area contributed by atoms with Crippen LogP contribution in [0.15, 0.2) is 24.3 Å². The quantitative estimate of drug-likeness (QED) is 0.451. The Morgan fingerprint density at radius 1 is 1.03 bits per heavy atom. The van der Waals surface area contributed by atoms with Gasteiger partial charge in [0.2, 0.25) is 17.7 Å². The number of likely N-dealkylation sites (tertiary alicyclic amines) is 2. The number of amides is 3. The van der Waals surface area contributed by atoms with Crippen molar-refractivity contribution in [2.75, 3.05) is 19.6 Å². The van der Waals surface area contributed by atoms with Crippen LogP contribution in [-0.4, -0.2) is 81.5 Å². The molecule has 0 saturated carbocycles. The molecular weight excluding hydrogens is 404 g/mol. The maximum absolute atomic E-state index is 13.3. The first kappa shape index (κ1) is 22.5. The van der Waals surface area contributed by atoms with E-state index in [2.05, 4.69) is 5.32 Å². The lowest BCUT2D eigenvalue weighted by Crippen LogP contribution is -2.56. The van der Waals surface area contributed by atoms with Crippen molar-refractivity contribution in [2.45, 2.75) is 50.2 Å². The number of aliphatic carboxylic acids is 1. The van der Waals surface area contributed by atoms with Gasteiger partial charge in [0.1, 0.15) is 23.9 Å². The van der Waals surface area contributed by atoms with Gasteiger partial charge in [0.15, 0.2) is 0 Å². The number of aromatic hydroxyl groups is 1. The number of nitrogens with zero attached hydrogens (tertiary/aromatic N) is 2. The van der Waals surface area contributed by atoms with E-state index in [0.717, 1.165) is 5.56 Å².